The van der Waals surface area contributed by atoms with Crippen molar-refractivity contribution in [2.45, 2.75) is 38.7 Å². The summed E-state index contributed by atoms with van der Waals surface area (Å²) in [6.45, 7) is 4.29. The van der Waals surface area contributed by atoms with Gasteiger partial charge in [-0.3, -0.25) is 9.59 Å². The summed E-state index contributed by atoms with van der Waals surface area (Å²) in [5.41, 5.74) is 5.76. The molecule has 0 saturated carbocycles. The number of rotatable bonds is 8. The number of ketones is 1. The van der Waals surface area contributed by atoms with Gasteiger partial charge in [0.25, 0.3) is 0 Å². The Morgan fingerprint density at radius 1 is 1.35 bits per heavy atom. The number of piperidine rings is 1. The molecule has 0 bridgehead atoms. The van der Waals surface area contributed by atoms with E-state index < -0.39 is 11.7 Å². The van der Waals surface area contributed by atoms with Gasteiger partial charge in [0.1, 0.15) is 5.82 Å². The molecule has 1 unspecified atom stereocenters. The van der Waals surface area contributed by atoms with Crippen molar-refractivity contribution in [2.24, 2.45) is 11.7 Å². The van der Waals surface area contributed by atoms with Crippen molar-refractivity contribution >= 4 is 24.1 Å². The first kappa shape index (κ1) is 22.5. The number of ether oxygens (including phenoxy) is 1. The summed E-state index contributed by atoms with van der Waals surface area (Å²) < 4.78 is 19.0. The minimum atomic E-state index is -0.465. The number of Topliss-reactive ketones (excluding diaryl/α,β-unsaturated/α-hetero) is 1. The van der Waals surface area contributed by atoms with Crippen LogP contribution in [0.5, 0.6) is 0 Å². The molecule has 0 radical (unpaired) electrons. The fraction of sp³-hybridized carbons (Fsp3) is 0.579. The molecule has 7 heteroatoms. The third-order valence-corrected chi connectivity index (χ3v) is 4.53. The first-order chi connectivity index (χ1) is 12.0. The Labute approximate surface area is 160 Å². The van der Waals surface area contributed by atoms with E-state index in [2.05, 4.69) is 0 Å². The second-order valence-corrected chi connectivity index (χ2v) is 6.57. The number of nitrogens with two attached hydrogens (primary N) is 1. The Balaban J connectivity index is 0.00000338. The number of carbonyl (C=O) groups excluding carboxylic acids is 2. The molecule has 1 aliphatic rings. The normalized spacial score (nSPS) is 16.0. The van der Waals surface area contributed by atoms with Crippen molar-refractivity contribution in [2.75, 3.05) is 26.2 Å². The van der Waals surface area contributed by atoms with Crippen LogP contribution in [0, 0.1) is 11.7 Å². The van der Waals surface area contributed by atoms with Gasteiger partial charge in [-0.2, -0.15) is 0 Å². The molecule has 2 N–H and O–H groups in total. The average molecular weight is 387 g/mol. The summed E-state index contributed by atoms with van der Waals surface area (Å²) in [6, 6.07) is 5.60. The Bertz CT molecular complexity index is 592. The van der Waals surface area contributed by atoms with Crippen LogP contribution >= 0.6 is 12.4 Å². The van der Waals surface area contributed by atoms with Gasteiger partial charge in [0.05, 0.1) is 6.10 Å². The molecule has 1 aromatic carbocycles. The first-order valence-electron chi connectivity index (χ1n) is 8.90. The molecule has 0 aliphatic carbocycles. The molecule has 1 heterocycles. The largest absolute Gasteiger partial charge is 0.378 e. The number of likely N-dealkylation sites (tertiary alicyclic amines) is 1. The van der Waals surface area contributed by atoms with Crippen LogP contribution in [0.1, 0.15) is 43.0 Å². The van der Waals surface area contributed by atoms with Crippen LogP contribution in [0.3, 0.4) is 0 Å². The van der Waals surface area contributed by atoms with E-state index in [-0.39, 0.29) is 36.6 Å². The minimum Gasteiger partial charge on any atom is -0.378 e. The first-order valence-corrected chi connectivity index (χ1v) is 8.90. The zero-order chi connectivity index (χ0) is 18.2. The lowest BCUT2D eigenvalue weighted by molar-refractivity contribution is -0.134. The number of hydrogen-bond donors (Lipinski definition) is 1. The van der Waals surface area contributed by atoms with E-state index in [0.717, 1.165) is 19.3 Å². The van der Waals surface area contributed by atoms with Gasteiger partial charge in [0, 0.05) is 37.6 Å². The Kier molecular flexibility index (Phi) is 9.76. The Morgan fingerprint density at radius 2 is 2.04 bits per heavy atom. The molecule has 1 fully saturated rings. The van der Waals surface area contributed by atoms with Gasteiger partial charge in [-0.05, 0) is 37.9 Å². The zero-order valence-electron chi connectivity index (χ0n) is 15.2. The lowest BCUT2D eigenvalue weighted by Gasteiger charge is -2.32. The van der Waals surface area contributed by atoms with E-state index in [0.29, 0.717) is 31.8 Å². The quantitative estimate of drug-likeness (QED) is 0.550. The predicted octanol–water partition coefficient (Wildman–Crippen LogP) is 2.81. The molecule has 1 atom stereocenters. The highest BCUT2D eigenvalue weighted by Gasteiger charge is 2.26. The summed E-state index contributed by atoms with van der Waals surface area (Å²) in [7, 11) is 0. The van der Waals surface area contributed by atoms with Gasteiger partial charge in [-0.15, -0.1) is 12.4 Å². The van der Waals surface area contributed by atoms with Crippen molar-refractivity contribution in [3.8, 4) is 0 Å². The molecule has 146 valence electrons. The number of carbonyl (C=O) groups is 2. The molecule has 1 amide bonds. The fourth-order valence-corrected chi connectivity index (χ4v) is 3.02. The van der Waals surface area contributed by atoms with Gasteiger partial charge in [0.15, 0.2) is 5.78 Å². The van der Waals surface area contributed by atoms with Crippen molar-refractivity contribution in [3.63, 3.8) is 0 Å². The topological polar surface area (TPSA) is 72.6 Å². The van der Waals surface area contributed by atoms with E-state index in [4.69, 9.17) is 10.5 Å². The van der Waals surface area contributed by atoms with Gasteiger partial charge in [-0.1, -0.05) is 19.1 Å². The monoisotopic (exact) mass is 386 g/mol. The molecule has 0 aromatic heterocycles. The summed E-state index contributed by atoms with van der Waals surface area (Å²) in [5.74, 6) is -1.14. The van der Waals surface area contributed by atoms with E-state index in [1.165, 1.54) is 18.2 Å². The van der Waals surface area contributed by atoms with Crippen LogP contribution in [-0.2, 0) is 9.53 Å². The maximum atomic E-state index is 13.2. The molecule has 1 aliphatic heterocycles. The number of nitrogens with zero attached hydrogens (tertiary/aromatic N) is 1. The van der Waals surface area contributed by atoms with E-state index in [1.807, 2.05) is 0 Å². The average Bonchev–Trinajstić information content (AvgIpc) is 2.61. The molecule has 2 rings (SSSR count). The molecular formula is C19H28ClFN2O3. The number of amides is 1. The van der Waals surface area contributed by atoms with Crippen LogP contribution < -0.4 is 5.73 Å². The summed E-state index contributed by atoms with van der Waals surface area (Å²) in [5, 5.41) is 0. The predicted molar refractivity (Wildman–Crippen MR) is 101 cm³/mol. The molecule has 1 saturated heterocycles. The number of halogens is 2. The molecule has 5 nitrogen and oxygen atoms in total. The fourth-order valence-electron chi connectivity index (χ4n) is 3.02. The molecule has 1 aromatic rings. The number of benzene rings is 1. The van der Waals surface area contributed by atoms with E-state index in [1.54, 1.807) is 17.9 Å². The Hall–Kier alpha value is -1.50. The Morgan fingerprint density at radius 3 is 2.65 bits per heavy atom. The van der Waals surface area contributed by atoms with Gasteiger partial charge in [0.2, 0.25) is 5.91 Å². The summed E-state index contributed by atoms with van der Waals surface area (Å²) >= 11 is 0. The summed E-state index contributed by atoms with van der Waals surface area (Å²) in [6.07, 6.45) is 2.79. The SMILES string of the molecule is CC(CC(=O)N1CCC(OCCCN)CC1)C(=O)c1cccc(F)c1.Cl. The van der Waals surface area contributed by atoms with Gasteiger partial charge < -0.3 is 15.4 Å². The van der Waals surface area contributed by atoms with Crippen LogP contribution in [-0.4, -0.2) is 48.9 Å². The van der Waals surface area contributed by atoms with E-state index >= 15 is 0 Å². The lowest BCUT2D eigenvalue weighted by atomic mass is 9.95. The summed E-state index contributed by atoms with van der Waals surface area (Å²) in [4.78, 5) is 26.6. The number of hydrogen-bond acceptors (Lipinski definition) is 4. The van der Waals surface area contributed by atoms with Crippen molar-refractivity contribution < 1.29 is 18.7 Å². The highest BCUT2D eigenvalue weighted by molar-refractivity contribution is 5.99. The highest BCUT2D eigenvalue weighted by atomic mass is 35.5. The van der Waals surface area contributed by atoms with Crippen LogP contribution in [0.4, 0.5) is 4.39 Å². The second-order valence-electron chi connectivity index (χ2n) is 6.57. The third-order valence-electron chi connectivity index (χ3n) is 4.53. The highest BCUT2D eigenvalue weighted by Crippen LogP contribution is 2.18. The van der Waals surface area contributed by atoms with Crippen molar-refractivity contribution in [1.29, 1.82) is 0 Å². The van der Waals surface area contributed by atoms with Crippen LogP contribution in [0.25, 0.3) is 0 Å². The standard InChI is InChI=1S/C19H27FN2O3.ClH/c1-14(19(24)15-4-2-5-16(20)13-15)12-18(23)22-9-6-17(7-10-22)25-11-3-8-21;/h2,4-5,13-14,17H,3,6-12,21H2,1H3;1H. The minimum absolute atomic E-state index is 0. The maximum absolute atomic E-state index is 13.2. The van der Waals surface area contributed by atoms with Gasteiger partial charge >= 0.3 is 0 Å². The van der Waals surface area contributed by atoms with Crippen LogP contribution in [0.15, 0.2) is 24.3 Å². The van der Waals surface area contributed by atoms with E-state index in [9.17, 15) is 14.0 Å². The van der Waals surface area contributed by atoms with Gasteiger partial charge in [-0.25, -0.2) is 4.39 Å². The third kappa shape index (κ3) is 6.67. The molecule has 0 spiro atoms. The zero-order valence-corrected chi connectivity index (χ0v) is 16.0. The van der Waals surface area contributed by atoms with Crippen molar-refractivity contribution in [3.05, 3.63) is 35.6 Å². The molecular weight excluding hydrogens is 359 g/mol. The maximum Gasteiger partial charge on any atom is 0.223 e. The van der Waals surface area contributed by atoms with Crippen molar-refractivity contribution in [1.82, 2.24) is 4.90 Å². The lowest BCUT2D eigenvalue weighted by Crippen LogP contribution is -2.41. The van der Waals surface area contributed by atoms with Crippen LogP contribution in [0.2, 0.25) is 0 Å². The smallest absolute Gasteiger partial charge is 0.223 e. The molecule has 26 heavy (non-hydrogen) atoms. The second kappa shape index (κ2) is 11.3.